The molecule has 0 saturated heterocycles. The average Bonchev–Trinajstić information content (AvgIpc) is 3.11. The summed E-state index contributed by atoms with van der Waals surface area (Å²) in [5, 5.41) is 8.51. The predicted molar refractivity (Wildman–Crippen MR) is 116 cm³/mol. The minimum Gasteiger partial charge on any atom is -0.452 e. The molecule has 30 heavy (non-hydrogen) atoms. The number of ether oxygens (including phenoxy) is 1. The lowest BCUT2D eigenvalue weighted by molar-refractivity contribution is -0.124. The van der Waals surface area contributed by atoms with Crippen LogP contribution in [0.25, 0.3) is 11.0 Å². The summed E-state index contributed by atoms with van der Waals surface area (Å²) in [6.07, 6.45) is 1.59. The van der Waals surface area contributed by atoms with Crippen LogP contribution >= 0.6 is 23.2 Å². The third-order valence-corrected chi connectivity index (χ3v) is 5.30. The fourth-order valence-corrected chi connectivity index (χ4v) is 3.35. The third-order valence-electron chi connectivity index (χ3n) is 4.56. The van der Waals surface area contributed by atoms with Gasteiger partial charge in [-0.1, -0.05) is 29.3 Å². The van der Waals surface area contributed by atoms with E-state index in [2.05, 4.69) is 15.4 Å². The monoisotopic (exact) mass is 448 g/mol. The Hall–Kier alpha value is -2.64. The van der Waals surface area contributed by atoms with E-state index in [-0.39, 0.29) is 12.1 Å². The summed E-state index contributed by atoms with van der Waals surface area (Å²) in [5.74, 6) is -1.03. The molecule has 7 nitrogen and oxygen atoms in total. The molecule has 0 aliphatic rings. The molecule has 0 aliphatic heterocycles. The highest BCUT2D eigenvalue weighted by molar-refractivity contribution is 6.42. The second-order valence-corrected chi connectivity index (χ2v) is 8.08. The summed E-state index contributed by atoms with van der Waals surface area (Å²) in [6.45, 7) is 7.14. The number of nitrogens with one attached hydrogen (secondary N) is 1. The maximum atomic E-state index is 12.6. The Labute approximate surface area is 184 Å². The summed E-state index contributed by atoms with van der Waals surface area (Å²) < 4.78 is 6.98. The highest BCUT2D eigenvalue weighted by Crippen LogP contribution is 2.25. The molecule has 158 valence electrons. The van der Waals surface area contributed by atoms with Gasteiger partial charge in [-0.15, -0.1) is 0 Å². The number of hydrogen-bond donors (Lipinski definition) is 1. The molecule has 1 amide bonds. The summed E-state index contributed by atoms with van der Waals surface area (Å²) in [4.78, 5) is 29.4. The number of amides is 1. The molecule has 1 atom stereocenters. The number of rotatable bonds is 6. The third kappa shape index (κ3) is 4.74. The zero-order chi connectivity index (χ0) is 22.0. The van der Waals surface area contributed by atoms with Gasteiger partial charge in [0, 0.05) is 11.7 Å². The molecule has 3 rings (SSSR count). The van der Waals surface area contributed by atoms with E-state index in [0.29, 0.717) is 32.3 Å². The SMILES string of the molecule is Cc1cc(C(=O)OCC(=O)NC(C)c2ccc(Cl)c(Cl)c2)c2cnn(C(C)C)c2n1. The average molecular weight is 449 g/mol. The Kier molecular flexibility index (Phi) is 6.63. The molecule has 1 unspecified atom stereocenters. The first kappa shape index (κ1) is 22.1. The van der Waals surface area contributed by atoms with Gasteiger partial charge >= 0.3 is 5.97 Å². The molecule has 0 aliphatic carbocycles. The zero-order valence-electron chi connectivity index (χ0n) is 17.1. The van der Waals surface area contributed by atoms with Crippen LogP contribution in [0, 0.1) is 6.92 Å². The normalized spacial score (nSPS) is 12.2. The molecule has 0 spiro atoms. The fourth-order valence-electron chi connectivity index (χ4n) is 3.05. The minimum absolute atomic E-state index is 0.0920. The topological polar surface area (TPSA) is 86.1 Å². The Balaban J connectivity index is 1.68. The zero-order valence-corrected chi connectivity index (χ0v) is 18.6. The second kappa shape index (κ2) is 9.02. The van der Waals surface area contributed by atoms with Gasteiger partial charge in [0.1, 0.15) is 0 Å². The van der Waals surface area contributed by atoms with Gasteiger partial charge in [0.2, 0.25) is 0 Å². The van der Waals surface area contributed by atoms with E-state index < -0.39 is 18.5 Å². The smallest absolute Gasteiger partial charge is 0.339 e. The number of carbonyl (C=O) groups is 2. The lowest BCUT2D eigenvalue weighted by atomic mass is 10.1. The van der Waals surface area contributed by atoms with E-state index in [1.807, 2.05) is 13.8 Å². The lowest BCUT2D eigenvalue weighted by Crippen LogP contribution is -2.31. The molecular formula is C21H22Cl2N4O3. The summed E-state index contributed by atoms with van der Waals surface area (Å²) in [6, 6.07) is 6.51. The quantitative estimate of drug-likeness (QED) is 0.553. The van der Waals surface area contributed by atoms with Gasteiger partial charge in [0.05, 0.1) is 33.2 Å². The van der Waals surface area contributed by atoms with Crippen molar-refractivity contribution in [1.82, 2.24) is 20.1 Å². The van der Waals surface area contributed by atoms with Crippen LogP contribution in [-0.4, -0.2) is 33.2 Å². The predicted octanol–water partition coefficient (Wildman–Crippen LogP) is 4.66. The Morgan fingerprint density at radius 1 is 1.17 bits per heavy atom. The van der Waals surface area contributed by atoms with E-state index in [4.69, 9.17) is 27.9 Å². The molecule has 0 radical (unpaired) electrons. The Bertz CT molecular complexity index is 1110. The van der Waals surface area contributed by atoms with Crippen molar-refractivity contribution in [2.75, 3.05) is 6.61 Å². The number of aryl methyl sites for hydroxylation is 1. The standard InChI is InChI=1S/C21H22Cl2N4O3/c1-11(2)27-20-16(9-24-27)15(7-12(3)25-20)21(29)30-10-19(28)26-13(4)14-5-6-17(22)18(23)8-14/h5-9,11,13H,10H2,1-4H3,(H,26,28). The number of halogens is 2. The molecule has 1 aromatic carbocycles. The van der Waals surface area contributed by atoms with Gasteiger partial charge < -0.3 is 10.1 Å². The summed E-state index contributed by atoms with van der Waals surface area (Å²) >= 11 is 11.9. The number of aromatic nitrogens is 3. The van der Waals surface area contributed by atoms with Crippen molar-refractivity contribution < 1.29 is 14.3 Å². The Morgan fingerprint density at radius 2 is 1.90 bits per heavy atom. The first-order valence-corrected chi connectivity index (χ1v) is 10.2. The van der Waals surface area contributed by atoms with Gasteiger partial charge in [0.15, 0.2) is 12.3 Å². The number of hydrogen-bond acceptors (Lipinski definition) is 5. The van der Waals surface area contributed by atoms with Gasteiger partial charge in [-0.25, -0.2) is 14.5 Å². The van der Waals surface area contributed by atoms with Crippen LogP contribution in [0.2, 0.25) is 10.0 Å². The molecule has 2 aromatic heterocycles. The number of pyridine rings is 1. The number of carbonyl (C=O) groups excluding carboxylic acids is 2. The highest BCUT2D eigenvalue weighted by Gasteiger charge is 2.19. The van der Waals surface area contributed by atoms with E-state index in [0.717, 1.165) is 5.56 Å². The molecule has 0 bridgehead atoms. The number of fused-ring (bicyclic) bond motifs is 1. The van der Waals surface area contributed by atoms with Gasteiger partial charge in [-0.3, -0.25) is 4.79 Å². The Morgan fingerprint density at radius 3 is 2.57 bits per heavy atom. The number of nitrogens with zero attached hydrogens (tertiary/aromatic N) is 3. The van der Waals surface area contributed by atoms with Gasteiger partial charge in [0.25, 0.3) is 5.91 Å². The van der Waals surface area contributed by atoms with E-state index >= 15 is 0 Å². The van der Waals surface area contributed by atoms with Crippen molar-refractivity contribution in [3.8, 4) is 0 Å². The molecule has 9 heteroatoms. The molecule has 1 N–H and O–H groups in total. The van der Waals surface area contributed by atoms with Crippen molar-refractivity contribution in [1.29, 1.82) is 0 Å². The van der Waals surface area contributed by atoms with Crippen molar-refractivity contribution in [3.05, 3.63) is 57.3 Å². The first-order valence-electron chi connectivity index (χ1n) is 9.43. The van der Waals surface area contributed by atoms with Crippen molar-refractivity contribution in [2.24, 2.45) is 0 Å². The van der Waals surface area contributed by atoms with Crippen LogP contribution in [0.15, 0.2) is 30.5 Å². The summed E-state index contributed by atoms with van der Waals surface area (Å²) in [7, 11) is 0. The van der Waals surface area contributed by atoms with Gasteiger partial charge in [-0.05, 0) is 51.5 Å². The largest absolute Gasteiger partial charge is 0.452 e. The first-order chi connectivity index (χ1) is 14.2. The maximum absolute atomic E-state index is 12.6. The number of benzene rings is 1. The van der Waals surface area contributed by atoms with Crippen LogP contribution < -0.4 is 5.32 Å². The summed E-state index contributed by atoms with van der Waals surface area (Å²) in [5.41, 5.74) is 2.38. The molecule has 3 aromatic rings. The van der Waals surface area contributed by atoms with Crippen LogP contribution in [0.3, 0.4) is 0 Å². The van der Waals surface area contributed by atoms with Crippen molar-refractivity contribution in [2.45, 2.75) is 39.8 Å². The van der Waals surface area contributed by atoms with Crippen LogP contribution in [0.1, 0.15) is 54.5 Å². The maximum Gasteiger partial charge on any atom is 0.339 e. The minimum atomic E-state index is -0.605. The molecular weight excluding hydrogens is 427 g/mol. The van der Waals surface area contributed by atoms with E-state index in [1.165, 1.54) is 0 Å². The number of esters is 1. The molecule has 0 fully saturated rings. The van der Waals surface area contributed by atoms with E-state index in [9.17, 15) is 9.59 Å². The lowest BCUT2D eigenvalue weighted by Gasteiger charge is -2.15. The highest BCUT2D eigenvalue weighted by atomic mass is 35.5. The fraction of sp³-hybridized carbons (Fsp3) is 0.333. The van der Waals surface area contributed by atoms with Crippen LogP contribution in [0.5, 0.6) is 0 Å². The van der Waals surface area contributed by atoms with Crippen molar-refractivity contribution >= 4 is 46.1 Å². The molecule has 0 saturated carbocycles. The second-order valence-electron chi connectivity index (χ2n) is 7.27. The van der Waals surface area contributed by atoms with Gasteiger partial charge in [-0.2, -0.15) is 5.10 Å². The van der Waals surface area contributed by atoms with Crippen molar-refractivity contribution in [3.63, 3.8) is 0 Å². The van der Waals surface area contributed by atoms with Crippen LogP contribution in [-0.2, 0) is 9.53 Å². The van der Waals surface area contributed by atoms with Crippen LogP contribution in [0.4, 0.5) is 0 Å². The van der Waals surface area contributed by atoms with E-state index in [1.54, 1.807) is 49.0 Å². The molecule has 2 heterocycles.